The number of benzene rings is 2. The molecule has 0 atom stereocenters. The fourth-order valence-corrected chi connectivity index (χ4v) is 4.70. The topological polar surface area (TPSA) is 65.5 Å². The Morgan fingerprint density at radius 2 is 1.53 bits per heavy atom. The Morgan fingerprint density at radius 1 is 0.853 bits per heavy atom. The molecule has 2 N–H and O–H groups in total. The number of hydrogen-bond donors (Lipinski definition) is 2. The maximum absolute atomic E-state index is 5.44. The number of anilines is 5. The molecule has 1 aromatic heterocycles. The zero-order valence-corrected chi connectivity index (χ0v) is 20.9. The van der Waals surface area contributed by atoms with E-state index in [9.17, 15) is 0 Å². The van der Waals surface area contributed by atoms with Gasteiger partial charge in [0.2, 0.25) is 5.95 Å². The summed E-state index contributed by atoms with van der Waals surface area (Å²) in [6.07, 6.45) is 5.54. The first-order valence-electron chi connectivity index (χ1n) is 12.0. The summed E-state index contributed by atoms with van der Waals surface area (Å²) in [6, 6.07) is 17.0. The Morgan fingerprint density at radius 3 is 2.26 bits per heavy atom. The number of ether oxygens (including phenoxy) is 1. The zero-order valence-electron chi connectivity index (χ0n) is 19.3. The lowest BCUT2D eigenvalue weighted by atomic mass is 10.1. The molecule has 0 spiro atoms. The van der Waals surface area contributed by atoms with Crippen LogP contribution in [-0.4, -0.2) is 60.8 Å². The maximum Gasteiger partial charge on any atom is 0.229 e. The molecule has 2 fully saturated rings. The first-order valence-corrected chi connectivity index (χ1v) is 12.8. The monoisotopic (exact) mass is 522 g/mol. The molecule has 7 nitrogen and oxygen atoms in total. The van der Waals surface area contributed by atoms with Gasteiger partial charge in [-0.25, -0.2) is 4.98 Å². The van der Waals surface area contributed by atoms with E-state index in [1.54, 1.807) is 6.20 Å². The van der Waals surface area contributed by atoms with Crippen molar-refractivity contribution in [2.75, 3.05) is 61.5 Å². The molecule has 2 aliphatic heterocycles. The average molecular weight is 523 g/mol. The van der Waals surface area contributed by atoms with Crippen molar-refractivity contribution in [3.63, 3.8) is 0 Å². The van der Waals surface area contributed by atoms with Crippen molar-refractivity contribution in [1.29, 1.82) is 0 Å². The summed E-state index contributed by atoms with van der Waals surface area (Å²) in [7, 11) is 0. The number of morpholine rings is 1. The van der Waals surface area contributed by atoms with Crippen molar-refractivity contribution >= 4 is 44.8 Å². The van der Waals surface area contributed by atoms with E-state index in [4.69, 9.17) is 4.74 Å². The number of hydrogen-bond acceptors (Lipinski definition) is 7. The highest BCUT2D eigenvalue weighted by molar-refractivity contribution is 9.10. The molecule has 0 saturated carbocycles. The molecule has 3 aromatic rings. The molecule has 0 aliphatic carbocycles. The average Bonchev–Trinajstić information content (AvgIpc) is 3.40. The maximum atomic E-state index is 5.44. The second-order valence-corrected chi connectivity index (χ2v) is 9.64. The Labute approximate surface area is 209 Å². The number of nitrogens with zero attached hydrogens (tertiary/aromatic N) is 4. The molecule has 0 bridgehead atoms. The molecule has 8 heteroatoms. The summed E-state index contributed by atoms with van der Waals surface area (Å²) < 4.78 is 6.26. The van der Waals surface area contributed by atoms with Crippen LogP contribution in [-0.2, 0) is 11.2 Å². The van der Waals surface area contributed by atoms with Gasteiger partial charge in [-0.1, -0.05) is 12.1 Å². The van der Waals surface area contributed by atoms with E-state index in [1.807, 2.05) is 0 Å². The van der Waals surface area contributed by atoms with Crippen LogP contribution in [0.1, 0.15) is 18.4 Å². The lowest BCUT2D eigenvalue weighted by molar-refractivity contribution is 0.122. The van der Waals surface area contributed by atoms with Crippen molar-refractivity contribution in [3.8, 4) is 0 Å². The van der Waals surface area contributed by atoms with Gasteiger partial charge in [-0.3, -0.25) is 0 Å². The molecule has 5 rings (SSSR count). The molecule has 0 amide bonds. The molecular weight excluding hydrogens is 492 g/mol. The third-order valence-electron chi connectivity index (χ3n) is 6.38. The number of rotatable bonds is 8. The normalized spacial score (nSPS) is 16.6. The number of likely N-dealkylation sites (tertiary alicyclic amines) is 1. The molecule has 0 radical (unpaired) electrons. The second-order valence-electron chi connectivity index (χ2n) is 8.78. The molecule has 2 saturated heterocycles. The molecule has 3 heterocycles. The fraction of sp³-hybridized carbons (Fsp3) is 0.385. The van der Waals surface area contributed by atoms with Crippen molar-refractivity contribution in [2.24, 2.45) is 0 Å². The third kappa shape index (κ3) is 6.05. The van der Waals surface area contributed by atoms with E-state index in [2.05, 4.69) is 94.9 Å². The Balaban J connectivity index is 1.19. The van der Waals surface area contributed by atoms with Gasteiger partial charge in [-0.15, -0.1) is 0 Å². The van der Waals surface area contributed by atoms with Crippen LogP contribution in [0.15, 0.2) is 59.2 Å². The molecule has 34 heavy (non-hydrogen) atoms. The van der Waals surface area contributed by atoms with Crippen LogP contribution in [0.2, 0.25) is 0 Å². The quantitative estimate of drug-likeness (QED) is 0.421. The van der Waals surface area contributed by atoms with Crippen molar-refractivity contribution in [2.45, 2.75) is 19.3 Å². The Hall–Kier alpha value is -2.68. The van der Waals surface area contributed by atoms with Gasteiger partial charge in [0.1, 0.15) is 5.82 Å². The minimum absolute atomic E-state index is 0.548. The van der Waals surface area contributed by atoms with E-state index >= 15 is 0 Å². The van der Waals surface area contributed by atoms with Crippen LogP contribution in [0, 0.1) is 0 Å². The fourth-order valence-electron chi connectivity index (χ4n) is 4.41. The van der Waals surface area contributed by atoms with Gasteiger partial charge < -0.3 is 25.2 Å². The van der Waals surface area contributed by atoms with Gasteiger partial charge in [0.25, 0.3) is 0 Å². The second kappa shape index (κ2) is 11.2. The first kappa shape index (κ1) is 23.1. The third-order valence-corrected chi connectivity index (χ3v) is 6.96. The summed E-state index contributed by atoms with van der Waals surface area (Å²) in [4.78, 5) is 14.0. The van der Waals surface area contributed by atoms with Crippen LogP contribution in [0.4, 0.5) is 28.8 Å². The molecule has 178 valence electrons. The molecule has 0 unspecified atom stereocenters. The summed E-state index contributed by atoms with van der Waals surface area (Å²) in [6.45, 7) is 7.06. The minimum Gasteiger partial charge on any atom is -0.378 e. The lowest BCUT2D eigenvalue weighted by Gasteiger charge is -2.28. The van der Waals surface area contributed by atoms with Crippen LogP contribution >= 0.6 is 15.9 Å². The van der Waals surface area contributed by atoms with Crippen LogP contribution in [0.5, 0.6) is 0 Å². The van der Waals surface area contributed by atoms with Gasteiger partial charge in [0, 0.05) is 42.9 Å². The van der Waals surface area contributed by atoms with Gasteiger partial charge in [-0.05, 0) is 90.2 Å². The first-order chi connectivity index (χ1) is 16.7. The van der Waals surface area contributed by atoms with Crippen LogP contribution in [0.25, 0.3) is 0 Å². The van der Waals surface area contributed by atoms with Crippen molar-refractivity contribution in [1.82, 2.24) is 14.9 Å². The standard InChI is InChI=1S/C26H31BrN6O/c27-24-19-28-26(30-22-7-9-23(10-8-22)33-15-17-34-18-16-33)31-25(24)29-21-5-3-20(4-6-21)11-14-32-12-1-2-13-32/h3-10,19H,1-2,11-18H2,(H2,28,29,30,31). The van der Waals surface area contributed by atoms with E-state index in [-0.39, 0.29) is 0 Å². The summed E-state index contributed by atoms with van der Waals surface area (Å²) in [5, 5.41) is 6.72. The van der Waals surface area contributed by atoms with Crippen molar-refractivity contribution < 1.29 is 4.74 Å². The molecular formula is C26H31BrN6O. The van der Waals surface area contributed by atoms with Crippen molar-refractivity contribution in [3.05, 3.63) is 64.8 Å². The van der Waals surface area contributed by atoms with Gasteiger partial charge in [-0.2, -0.15) is 4.98 Å². The van der Waals surface area contributed by atoms with Crippen LogP contribution in [0.3, 0.4) is 0 Å². The lowest BCUT2D eigenvalue weighted by Crippen LogP contribution is -2.36. The Bertz CT molecular complexity index is 1060. The summed E-state index contributed by atoms with van der Waals surface area (Å²) >= 11 is 3.57. The van der Waals surface area contributed by atoms with Gasteiger partial charge >= 0.3 is 0 Å². The Kier molecular flexibility index (Phi) is 7.58. The highest BCUT2D eigenvalue weighted by atomic mass is 79.9. The molecule has 2 aromatic carbocycles. The minimum atomic E-state index is 0.548. The van der Waals surface area contributed by atoms with E-state index in [1.165, 1.54) is 37.2 Å². The smallest absolute Gasteiger partial charge is 0.229 e. The van der Waals surface area contributed by atoms with E-state index in [0.717, 1.165) is 60.9 Å². The van der Waals surface area contributed by atoms with Gasteiger partial charge in [0.15, 0.2) is 0 Å². The number of halogens is 1. The summed E-state index contributed by atoms with van der Waals surface area (Å²) in [5.74, 6) is 1.28. The number of aromatic nitrogens is 2. The predicted octanol–water partition coefficient (Wildman–Crippen LogP) is 5.20. The van der Waals surface area contributed by atoms with E-state index < -0.39 is 0 Å². The molecule has 2 aliphatic rings. The number of nitrogens with one attached hydrogen (secondary N) is 2. The SMILES string of the molecule is Brc1cnc(Nc2ccc(N3CCOCC3)cc2)nc1Nc1ccc(CCN2CCCC2)cc1. The predicted molar refractivity (Wildman–Crippen MR) is 142 cm³/mol. The largest absolute Gasteiger partial charge is 0.378 e. The van der Waals surface area contributed by atoms with Gasteiger partial charge in [0.05, 0.1) is 17.7 Å². The van der Waals surface area contributed by atoms with Crippen LogP contribution < -0.4 is 15.5 Å². The zero-order chi connectivity index (χ0) is 23.2. The van der Waals surface area contributed by atoms with E-state index in [0.29, 0.717) is 5.95 Å². The summed E-state index contributed by atoms with van der Waals surface area (Å²) in [5.41, 5.74) is 4.52. The highest BCUT2D eigenvalue weighted by Crippen LogP contribution is 2.26. The highest BCUT2D eigenvalue weighted by Gasteiger charge is 2.12.